The van der Waals surface area contributed by atoms with E-state index in [-0.39, 0.29) is 12.2 Å². The van der Waals surface area contributed by atoms with Gasteiger partial charge >= 0.3 is 5.97 Å². The fourth-order valence-corrected chi connectivity index (χ4v) is 1.50. The van der Waals surface area contributed by atoms with Crippen molar-refractivity contribution in [2.24, 2.45) is 0 Å². The second kappa shape index (κ2) is 5.43. The summed E-state index contributed by atoms with van der Waals surface area (Å²) >= 11 is 0. The van der Waals surface area contributed by atoms with E-state index in [9.17, 15) is 9.18 Å². The van der Waals surface area contributed by atoms with Crippen molar-refractivity contribution in [2.75, 3.05) is 7.11 Å². The maximum absolute atomic E-state index is 13.3. The smallest absolute Gasteiger partial charge is 0.311 e. The lowest BCUT2D eigenvalue weighted by molar-refractivity contribution is -0.139. The van der Waals surface area contributed by atoms with E-state index in [1.807, 2.05) is 0 Å². The number of esters is 1. The summed E-state index contributed by atoms with van der Waals surface area (Å²) < 4.78 is 17.8. The van der Waals surface area contributed by atoms with E-state index in [0.717, 1.165) is 6.07 Å². The molecule has 0 bridgehead atoms. The molecule has 1 aromatic heterocycles. The fourth-order valence-electron chi connectivity index (χ4n) is 1.50. The van der Waals surface area contributed by atoms with Gasteiger partial charge in [0, 0.05) is 11.8 Å². The van der Waals surface area contributed by atoms with Crippen LogP contribution in [0.3, 0.4) is 0 Å². The van der Waals surface area contributed by atoms with Gasteiger partial charge in [-0.3, -0.25) is 4.79 Å². The number of methoxy groups -OCH3 is 1. The number of carbonyl (C=O) groups excluding carboxylic acids is 1. The Bertz CT molecular complexity index is 617. The molecule has 0 aliphatic carbocycles. The van der Waals surface area contributed by atoms with Gasteiger partial charge in [-0.25, -0.2) is 14.4 Å². The highest BCUT2D eigenvalue weighted by Crippen LogP contribution is 2.22. The Morgan fingerprint density at radius 3 is 2.89 bits per heavy atom. The van der Waals surface area contributed by atoms with Crippen LogP contribution in [0.25, 0.3) is 11.4 Å². The first-order chi connectivity index (χ1) is 9.10. The van der Waals surface area contributed by atoms with Crippen LogP contribution in [0.4, 0.5) is 4.39 Å². The van der Waals surface area contributed by atoms with E-state index in [1.54, 1.807) is 6.07 Å². The molecule has 0 spiro atoms. The molecular formula is C13H11FN2O3. The topological polar surface area (TPSA) is 72.3 Å². The zero-order valence-electron chi connectivity index (χ0n) is 10.1. The summed E-state index contributed by atoms with van der Waals surface area (Å²) in [7, 11) is 1.29. The monoisotopic (exact) mass is 262 g/mol. The average Bonchev–Trinajstić information content (AvgIpc) is 2.42. The van der Waals surface area contributed by atoms with E-state index < -0.39 is 17.5 Å². The lowest BCUT2D eigenvalue weighted by Gasteiger charge is -2.04. The Morgan fingerprint density at radius 1 is 1.42 bits per heavy atom. The molecule has 1 aromatic carbocycles. The molecule has 0 fully saturated rings. The van der Waals surface area contributed by atoms with Crippen LogP contribution in [0.5, 0.6) is 5.75 Å². The van der Waals surface area contributed by atoms with E-state index in [4.69, 9.17) is 5.11 Å². The average molecular weight is 262 g/mol. The van der Waals surface area contributed by atoms with Crippen molar-refractivity contribution < 1.29 is 19.0 Å². The summed E-state index contributed by atoms with van der Waals surface area (Å²) in [5.74, 6) is -1.32. The Hall–Kier alpha value is -2.50. The van der Waals surface area contributed by atoms with Crippen LogP contribution < -0.4 is 0 Å². The highest BCUT2D eigenvalue weighted by Gasteiger charge is 2.09. The molecular weight excluding hydrogens is 251 g/mol. The van der Waals surface area contributed by atoms with Crippen LogP contribution in [-0.4, -0.2) is 28.2 Å². The molecule has 0 aliphatic heterocycles. The van der Waals surface area contributed by atoms with Crippen molar-refractivity contribution in [1.29, 1.82) is 0 Å². The molecule has 19 heavy (non-hydrogen) atoms. The molecule has 2 rings (SSSR count). The molecule has 0 aliphatic rings. The largest absolute Gasteiger partial charge is 0.505 e. The molecule has 6 heteroatoms. The van der Waals surface area contributed by atoms with Crippen LogP contribution in [-0.2, 0) is 16.0 Å². The molecule has 5 nitrogen and oxygen atoms in total. The van der Waals surface area contributed by atoms with Gasteiger partial charge in [0.2, 0.25) is 0 Å². The predicted octanol–water partition coefficient (Wildman–Crippen LogP) is 1.70. The van der Waals surface area contributed by atoms with Crippen LogP contribution in [0.2, 0.25) is 0 Å². The minimum atomic E-state index is -0.750. The molecule has 98 valence electrons. The first-order valence-electron chi connectivity index (χ1n) is 5.48. The number of carbonyl (C=O) groups is 1. The van der Waals surface area contributed by atoms with E-state index in [0.29, 0.717) is 11.3 Å². The number of ether oxygens (including phenoxy) is 1. The Balaban J connectivity index is 2.32. The minimum Gasteiger partial charge on any atom is -0.505 e. The highest BCUT2D eigenvalue weighted by molar-refractivity contribution is 5.72. The first kappa shape index (κ1) is 12.9. The third kappa shape index (κ3) is 3.04. The van der Waals surface area contributed by atoms with Gasteiger partial charge in [-0.15, -0.1) is 0 Å². The number of nitrogens with zero attached hydrogens (tertiary/aromatic N) is 2. The number of phenols is 1. The van der Waals surface area contributed by atoms with Gasteiger partial charge < -0.3 is 9.84 Å². The molecule has 2 aromatic rings. The molecule has 1 heterocycles. The van der Waals surface area contributed by atoms with Gasteiger partial charge in [-0.05, 0) is 24.3 Å². The molecule has 0 radical (unpaired) electrons. The highest BCUT2D eigenvalue weighted by atomic mass is 19.1. The normalized spacial score (nSPS) is 10.2. The van der Waals surface area contributed by atoms with Crippen LogP contribution in [0.15, 0.2) is 30.5 Å². The third-order valence-electron chi connectivity index (χ3n) is 2.47. The molecule has 0 atom stereocenters. The Kier molecular flexibility index (Phi) is 3.70. The zero-order valence-corrected chi connectivity index (χ0v) is 10.1. The van der Waals surface area contributed by atoms with Crippen molar-refractivity contribution in [3.05, 3.63) is 42.0 Å². The van der Waals surface area contributed by atoms with E-state index in [2.05, 4.69) is 14.7 Å². The number of halogens is 1. The number of benzene rings is 1. The number of phenolic OH excluding ortho intramolecular Hbond substituents is 1. The maximum Gasteiger partial charge on any atom is 0.311 e. The van der Waals surface area contributed by atoms with Gasteiger partial charge in [0.1, 0.15) is 0 Å². The summed E-state index contributed by atoms with van der Waals surface area (Å²) in [5.41, 5.74) is 0.896. The SMILES string of the molecule is COC(=O)Cc1ccnc(-c2ccc(O)c(F)c2)n1. The second-order valence-electron chi connectivity index (χ2n) is 3.79. The summed E-state index contributed by atoms with van der Waals surface area (Å²) in [5, 5.41) is 9.12. The zero-order chi connectivity index (χ0) is 13.8. The summed E-state index contributed by atoms with van der Waals surface area (Å²) in [6.45, 7) is 0. The summed E-state index contributed by atoms with van der Waals surface area (Å²) in [6.07, 6.45) is 1.50. The van der Waals surface area contributed by atoms with E-state index >= 15 is 0 Å². The van der Waals surface area contributed by atoms with Crippen LogP contribution in [0, 0.1) is 5.82 Å². The van der Waals surface area contributed by atoms with E-state index in [1.165, 1.54) is 25.4 Å². The second-order valence-corrected chi connectivity index (χ2v) is 3.79. The van der Waals surface area contributed by atoms with Gasteiger partial charge in [0.25, 0.3) is 0 Å². The van der Waals surface area contributed by atoms with Crippen molar-refractivity contribution in [3.8, 4) is 17.1 Å². The number of rotatable bonds is 3. The Morgan fingerprint density at radius 2 is 2.21 bits per heavy atom. The van der Waals surface area contributed by atoms with Gasteiger partial charge in [0.15, 0.2) is 17.4 Å². The molecule has 0 amide bonds. The number of aromatic nitrogens is 2. The van der Waals surface area contributed by atoms with Crippen LogP contribution >= 0.6 is 0 Å². The summed E-state index contributed by atoms with van der Waals surface area (Å²) in [4.78, 5) is 19.3. The standard InChI is InChI=1S/C13H11FN2O3/c1-19-12(18)7-9-4-5-15-13(16-9)8-2-3-11(17)10(14)6-8/h2-6,17H,7H2,1H3. The van der Waals surface area contributed by atoms with Crippen molar-refractivity contribution >= 4 is 5.97 Å². The van der Waals surface area contributed by atoms with Gasteiger partial charge in [-0.1, -0.05) is 0 Å². The lowest BCUT2D eigenvalue weighted by Crippen LogP contribution is -2.06. The quantitative estimate of drug-likeness (QED) is 0.852. The number of hydrogen-bond donors (Lipinski definition) is 1. The number of aromatic hydroxyl groups is 1. The third-order valence-corrected chi connectivity index (χ3v) is 2.47. The van der Waals surface area contributed by atoms with Crippen LogP contribution in [0.1, 0.15) is 5.69 Å². The lowest BCUT2D eigenvalue weighted by atomic mass is 10.2. The maximum atomic E-state index is 13.3. The molecule has 0 saturated carbocycles. The predicted molar refractivity (Wildman–Crippen MR) is 64.8 cm³/mol. The molecule has 1 N–H and O–H groups in total. The molecule has 0 saturated heterocycles. The number of hydrogen-bond acceptors (Lipinski definition) is 5. The van der Waals surface area contributed by atoms with Gasteiger partial charge in [0.05, 0.1) is 19.2 Å². The first-order valence-corrected chi connectivity index (χ1v) is 5.48. The van der Waals surface area contributed by atoms with Gasteiger partial charge in [-0.2, -0.15) is 0 Å². The summed E-state index contributed by atoms with van der Waals surface area (Å²) in [6, 6.07) is 5.43. The molecule has 0 unspecified atom stereocenters. The van der Waals surface area contributed by atoms with Crippen molar-refractivity contribution in [1.82, 2.24) is 9.97 Å². The minimum absolute atomic E-state index is 0.0204. The Labute approximate surface area is 108 Å². The fraction of sp³-hybridized carbons (Fsp3) is 0.154. The van der Waals surface area contributed by atoms with Crippen molar-refractivity contribution in [3.63, 3.8) is 0 Å². The van der Waals surface area contributed by atoms with Crippen molar-refractivity contribution in [2.45, 2.75) is 6.42 Å².